The van der Waals surface area contributed by atoms with Crippen molar-refractivity contribution in [3.8, 4) is 0 Å². The monoisotopic (exact) mass is 154 g/mol. The third-order valence-electron chi connectivity index (χ3n) is 1.43. The Balaban J connectivity index is 3.25. The van der Waals surface area contributed by atoms with Crippen LogP contribution in [0.3, 0.4) is 0 Å². The van der Waals surface area contributed by atoms with E-state index in [0.29, 0.717) is 6.42 Å². The van der Waals surface area contributed by atoms with Crippen LogP contribution in [-0.2, 0) is 9.59 Å². The minimum absolute atomic E-state index is 0.633. The van der Waals surface area contributed by atoms with Gasteiger partial charge < -0.3 is 4.79 Å². The van der Waals surface area contributed by atoms with E-state index in [1.807, 2.05) is 6.08 Å². The summed E-state index contributed by atoms with van der Waals surface area (Å²) in [6.07, 6.45) is 7.12. The molecule has 0 bridgehead atoms. The highest BCUT2D eigenvalue weighted by Crippen LogP contribution is 2.00. The van der Waals surface area contributed by atoms with E-state index in [9.17, 15) is 9.59 Å². The molecule has 0 aliphatic carbocycles. The van der Waals surface area contributed by atoms with Crippen molar-refractivity contribution < 1.29 is 9.59 Å². The molecule has 2 nitrogen and oxygen atoms in total. The first kappa shape index (κ1) is 10.1. The van der Waals surface area contributed by atoms with Gasteiger partial charge in [-0.05, 0) is 31.8 Å². The first-order valence-corrected chi connectivity index (χ1v) is 3.87. The summed E-state index contributed by atoms with van der Waals surface area (Å²) in [5.41, 5.74) is 0.774. The fourth-order valence-corrected chi connectivity index (χ4v) is 0.750. The van der Waals surface area contributed by atoms with Gasteiger partial charge in [-0.15, -0.1) is 0 Å². The van der Waals surface area contributed by atoms with Gasteiger partial charge >= 0.3 is 0 Å². The van der Waals surface area contributed by atoms with Crippen LogP contribution in [0.1, 0.15) is 32.6 Å². The van der Waals surface area contributed by atoms with Crippen LogP contribution in [0, 0.1) is 0 Å². The van der Waals surface area contributed by atoms with Gasteiger partial charge in [0.1, 0.15) is 12.6 Å². The number of unbranched alkanes of at least 4 members (excludes halogenated alkanes) is 3. The molecule has 0 atom stereocenters. The molecule has 0 rings (SSSR count). The second-order valence-electron chi connectivity index (χ2n) is 2.52. The number of carbonyl (C=O) groups is 2. The summed E-state index contributed by atoms with van der Waals surface area (Å²) >= 11 is 0. The van der Waals surface area contributed by atoms with E-state index in [4.69, 9.17) is 0 Å². The molecule has 0 saturated carbocycles. The summed E-state index contributed by atoms with van der Waals surface area (Å²) in [6, 6.07) is 0. The van der Waals surface area contributed by atoms with Crippen molar-refractivity contribution in [2.24, 2.45) is 0 Å². The minimum Gasteiger partial charge on any atom is -0.303 e. The van der Waals surface area contributed by atoms with E-state index in [0.717, 1.165) is 37.4 Å². The number of hydrogen-bond acceptors (Lipinski definition) is 2. The molecule has 0 amide bonds. The van der Waals surface area contributed by atoms with Crippen molar-refractivity contribution >= 4 is 12.6 Å². The molecule has 0 radical (unpaired) electrons. The zero-order valence-corrected chi connectivity index (χ0v) is 6.88. The Labute approximate surface area is 67.3 Å². The summed E-state index contributed by atoms with van der Waals surface area (Å²) < 4.78 is 0. The first-order chi connectivity index (χ1) is 5.31. The molecule has 0 aliphatic rings. The highest BCUT2D eigenvalue weighted by atomic mass is 16.1. The Morgan fingerprint density at radius 1 is 1.18 bits per heavy atom. The lowest BCUT2D eigenvalue weighted by Crippen LogP contribution is -1.79. The summed E-state index contributed by atoms with van der Waals surface area (Å²) in [5, 5.41) is 0. The molecule has 0 aromatic carbocycles. The quantitative estimate of drug-likeness (QED) is 0.332. The molecule has 0 N–H and O–H groups in total. The molecule has 0 heterocycles. The first-order valence-electron chi connectivity index (χ1n) is 3.87. The fourth-order valence-electron chi connectivity index (χ4n) is 0.750. The molecule has 11 heavy (non-hydrogen) atoms. The zero-order valence-electron chi connectivity index (χ0n) is 6.88. The van der Waals surface area contributed by atoms with Gasteiger partial charge in [-0.25, -0.2) is 0 Å². The van der Waals surface area contributed by atoms with Gasteiger partial charge in [0.15, 0.2) is 0 Å². The van der Waals surface area contributed by atoms with Crippen LogP contribution in [0.4, 0.5) is 0 Å². The second kappa shape index (κ2) is 7.19. The van der Waals surface area contributed by atoms with Crippen molar-refractivity contribution in [3.63, 3.8) is 0 Å². The van der Waals surface area contributed by atoms with E-state index >= 15 is 0 Å². The predicted octanol–water partition coefficient (Wildman–Crippen LogP) is 1.89. The molecule has 0 aliphatic heterocycles. The van der Waals surface area contributed by atoms with Crippen molar-refractivity contribution in [1.82, 2.24) is 0 Å². The summed E-state index contributed by atoms with van der Waals surface area (Å²) in [5.74, 6) is 0. The topological polar surface area (TPSA) is 34.1 Å². The van der Waals surface area contributed by atoms with E-state index in [1.54, 1.807) is 6.92 Å². The van der Waals surface area contributed by atoms with Crippen LogP contribution in [-0.4, -0.2) is 12.6 Å². The zero-order chi connectivity index (χ0) is 8.53. The average molecular weight is 154 g/mol. The Hall–Kier alpha value is -0.920. The van der Waals surface area contributed by atoms with Crippen LogP contribution >= 0.6 is 0 Å². The Morgan fingerprint density at radius 2 is 1.82 bits per heavy atom. The maximum Gasteiger partial charge on any atom is 0.145 e. The summed E-state index contributed by atoms with van der Waals surface area (Å²) in [4.78, 5) is 20.0. The van der Waals surface area contributed by atoms with Crippen molar-refractivity contribution in [2.75, 3.05) is 0 Å². The number of allylic oxidation sites excluding steroid dienone is 2. The van der Waals surface area contributed by atoms with Crippen molar-refractivity contribution in [3.05, 3.63) is 11.6 Å². The SMILES string of the molecule is CC(C=O)=CCCCCC=O. The molecule has 0 aromatic rings. The standard InChI is InChI=1S/C9H14O2/c1-9(8-11)6-4-2-3-5-7-10/h6-8H,2-5H2,1H3. The number of rotatable bonds is 6. The van der Waals surface area contributed by atoms with Gasteiger partial charge in [0.05, 0.1) is 0 Å². The third kappa shape index (κ3) is 6.97. The second-order valence-corrected chi connectivity index (χ2v) is 2.52. The van der Waals surface area contributed by atoms with Crippen LogP contribution < -0.4 is 0 Å². The van der Waals surface area contributed by atoms with Gasteiger partial charge in [-0.1, -0.05) is 6.08 Å². The maximum absolute atomic E-state index is 10.1. The lowest BCUT2D eigenvalue weighted by Gasteiger charge is -1.91. The molecule has 0 spiro atoms. The van der Waals surface area contributed by atoms with Crippen LogP contribution in [0.25, 0.3) is 0 Å². The van der Waals surface area contributed by atoms with Crippen LogP contribution in [0.15, 0.2) is 11.6 Å². The van der Waals surface area contributed by atoms with Crippen molar-refractivity contribution in [1.29, 1.82) is 0 Å². The van der Waals surface area contributed by atoms with E-state index in [-0.39, 0.29) is 0 Å². The minimum atomic E-state index is 0.633. The van der Waals surface area contributed by atoms with Gasteiger partial charge in [-0.3, -0.25) is 4.79 Å². The lowest BCUT2D eigenvalue weighted by molar-refractivity contribution is -0.108. The highest BCUT2D eigenvalue weighted by molar-refractivity contribution is 5.71. The maximum atomic E-state index is 10.1. The smallest absolute Gasteiger partial charge is 0.145 e. The van der Waals surface area contributed by atoms with Crippen LogP contribution in [0.5, 0.6) is 0 Å². The number of carbonyl (C=O) groups excluding carboxylic acids is 2. The van der Waals surface area contributed by atoms with Gasteiger partial charge in [0, 0.05) is 6.42 Å². The Kier molecular flexibility index (Phi) is 6.59. The highest BCUT2D eigenvalue weighted by Gasteiger charge is 1.86. The number of hydrogen-bond donors (Lipinski definition) is 0. The van der Waals surface area contributed by atoms with E-state index < -0.39 is 0 Å². The normalized spacial score (nSPS) is 11.2. The Morgan fingerprint density at radius 3 is 2.36 bits per heavy atom. The van der Waals surface area contributed by atoms with Gasteiger partial charge in [0.2, 0.25) is 0 Å². The van der Waals surface area contributed by atoms with Crippen molar-refractivity contribution in [2.45, 2.75) is 32.6 Å². The molecule has 0 aromatic heterocycles. The molecule has 0 fully saturated rings. The lowest BCUT2D eigenvalue weighted by atomic mass is 10.1. The third-order valence-corrected chi connectivity index (χ3v) is 1.43. The molecule has 0 unspecified atom stereocenters. The molecule has 2 heteroatoms. The molecule has 0 saturated heterocycles. The summed E-state index contributed by atoms with van der Waals surface area (Å²) in [6.45, 7) is 1.78. The fraction of sp³-hybridized carbons (Fsp3) is 0.556. The van der Waals surface area contributed by atoms with E-state index in [2.05, 4.69) is 0 Å². The molecule has 62 valence electrons. The van der Waals surface area contributed by atoms with Crippen LogP contribution in [0.2, 0.25) is 0 Å². The average Bonchev–Trinajstić information content (AvgIpc) is 2.04. The molecular formula is C9H14O2. The summed E-state index contributed by atoms with van der Waals surface area (Å²) in [7, 11) is 0. The molecular weight excluding hydrogens is 140 g/mol. The number of aldehydes is 2. The van der Waals surface area contributed by atoms with E-state index in [1.165, 1.54) is 0 Å². The largest absolute Gasteiger partial charge is 0.303 e. The van der Waals surface area contributed by atoms with Gasteiger partial charge in [0.25, 0.3) is 0 Å². The van der Waals surface area contributed by atoms with Gasteiger partial charge in [-0.2, -0.15) is 0 Å². The predicted molar refractivity (Wildman–Crippen MR) is 44.4 cm³/mol. The Bertz CT molecular complexity index is 148.